The monoisotopic (exact) mass is 448 g/mol. The number of esters is 1. The van der Waals surface area contributed by atoms with Crippen molar-refractivity contribution in [1.29, 1.82) is 0 Å². The number of aromatic nitrogens is 2. The van der Waals surface area contributed by atoms with E-state index < -0.39 is 16.8 Å². The van der Waals surface area contributed by atoms with E-state index in [0.717, 1.165) is 0 Å². The maximum atomic E-state index is 12.5. The number of hydrogen-bond donors (Lipinski definition) is 1. The number of ether oxygens (including phenoxy) is 2. The largest absolute Gasteiger partial charge is 0.484 e. The molecule has 1 aromatic carbocycles. The molecule has 0 atom stereocenters. The normalized spacial score (nSPS) is 10.5. The molecule has 2 heterocycles. The van der Waals surface area contributed by atoms with E-state index in [4.69, 9.17) is 20.8 Å². The standard InChI is InChI=1S/C19H17ClN4O7/c1-3-23-9-14(17(22-23)19(26)29-2)21-18(25)16-7-5-12(31-16)10-30-15-6-4-11(24(27)28)8-13(15)20/h4-9H,3,10H2,1-2H3,(H,21,25). The molecule has 162 valence electrons. The van der Waals surface area contributed by atoms with Crippen LogP contribution in [0.3, 0.4) is 0 Å². The van der Waals surface area contributed by atoms with Crippen LogP contribution in [-0.2, 0) is 17.9 Å². The molecular weight excluding hydrogens is 432 g/mol. The molecule has 12 heteroatoms. The Kier molecular flexibility index (Phi) is 6.55. The van der Waals surface area contributed by atoms with E-state index in [0.29, 0.717) is 12.3 Å². The molecule has 0 unspecified atom stereocenters. The summed E-state index contributed by atoms with van der Waals surface area (Å²) in [5.41, 5.74) is -0.00165. The number of rotatable bonds is 8. The zero-order valence-corrected chi connectivity index (χ0v) is 17.2. The fourth-order valence-corrected chi connectivity index (χ4v) is 2.78. The number of amides is 1. The average molecular weight is 449 g/mol. The van der Waals surface area contributed by atoms with E-state index in [-0.39, 0.29) is 40.2 Å². The van der Waals surface area contributed by atoms with Crippen molar-refractivity contribution >= 4 is 34.9 Å². The number of carbonyl (C=O) groups excluding carboxylic acids is 2. The van der Waals surface area contributed by atoms with Crippen LogP contribution in [0.15, 0.2) is 40.9 Å². The first kappa shape index (κ1) is 21.8. The van der Waals surface area contributed by atoms with Crippen LogP contribution in [0.1, 0.15) is 33.7 Å². The van der Waals surface area contributed by atoms with Gasteiger partial charge in [-0.05, 0) is 25.1 Å². The second kappa shape index (κ2) is 9.30. The summed E-state index contributed by atoms with van der Waals surface area (Å²) in [6.07, 6.45) is 1.51. The molecule has 0 radical (unpaired) electrons. The Balaban J connectivity index is 1.67. The number of non-ortho nitro benzene ring substituents is 1. The average Bonchev–Trinajstić information content (AvgIpc) is 3.39. The number of anilines is 1. The number of hydrogen-bond acceptors (Lipinski definition) is 8. The number of methoxy groups -OCH3 is 1. The molecule has 3 aromatic rings. The first-order chi connectivity index (χ1) is 14.8. The Morgan fingerprint density at radius 1 is 1.32 bits per heavy atom. The van der Waals surface area contributed by atoms with Crippen molar-refractivity contribution in [3.63, 3.8) is 0 Å². The molecule has 0 saturated heterocycles. The molecule has 0 spiro atoms. The summed E-state index contributed by atoms with van der Waals surface area (Å²) in [4.78, 5) is 34.5. The second-order valence-corrected chi connectivity index (χ2v) is 6.53. The Morgan fingerprint density at radius 2 is 2.10 bits per heavy atom. The zero-order valence-electron chi connectivity index (χ0n) is 16.5. The van der Waals surface area contributed by atoms with E-state index in [1.54, 1.807) is 0 Å². The molecule has 2 aromatic heterocycles. The molecular formula is C19H17ClN4O7. The lowest BCUT2D eigenvalue weighted by Gasteiger charge is -2.06. The van der Waals surface area contributed by atoms with Gasteiger partial charge in [0.15, 0.2) is 11.5 Å². The van der Waals surface area contributed by atoms with Gasteiger partial charge in [-0.3, -0.25) is 19.6 Å². The van der Waals surface area contributed by atoms with Gasteiger partial charge in [0, 0.05) is 24.9 Å². The second-order valence-electron chi connectivity index (χ2n) is 6.12. The van der Waals surface area contributed by atoms with Gasteiger partial charge in [-0.2, -0.15) is 5.10 Å². The fourth-order valence-electron chi connectivity index (χ4n) is 2.55. The Bertz CT molecular complexity index is 1140. The van der Waals surface area contributed by atoms with E-state index in [1.165, 1.54) is 48.3 Å². The van der Waals surface area contributed by atoms with Gasteiger partial charge in [-0.15, -0.1) is 0 Å². The predicted octanol–water partition coefficient (Wildman–Crippen LogP) is 3.68. The van der Waals surface area contributed by atoms with Crippen LogP contribution in [0.4, 0.5) is 11.4 Å². The van der Waals surface area contributed by atoms with Crippen molar-refractivity contribution in [2.45, 2.75) is 20.1 Å². The molecule has 0 bridgehead atoms. The van der Waals surface area contributed by atoms with Crippen molar-refractivity contribution in [2.24, 2.45) is 0 Å². The third kappa shape index (κ3) is 5.01. The molecule has 0 saturated carbocycles. The van der Waals surface area contributed by atoms with Crippen molar-refractivity contribution in [2.75, 3.05) is 12.4 Å². The molecule has 1 N–H and O–H groups in total. The SMILES string of the molecule is CCn1cc(NC(=O)c2ccc(COc3ccc([N+](=O)[O-])cc3Cl)o2)c(C(=O)OC)n1. The van der Waals surface area contributed by atoms with Gasteiger partial charge in [0.2, 0.25) is 0 Å². The molecule has 0 aliphatic rings. The summed E-state index contributed by atoms with van der Waals surface area (Å²) in [7, 11) is 1.22. The minimum atomic E-state index is -0.684. The quantitative estimate of drug-likeness (QED) is 0.313. The lowest BCUT2D eigenvalue weighted by Crippen LogP contribution is -2.14. The molecule has 31 heavy (non-hydrogen) atoms. The maximum absolute atomic E-state index is 12.5. The predicted molar refractivity (Wildman–Crippen MR) is 108 cm³/mol. The number of benzene rings is 1. The molecule has 0 aliphatic carbocycles. The van der Waals surface area contributed by atoms with Crippen molar-refractivity contribution in [3.8, 4) is 5.75 Å². The topological polar surface area (TPSA) is 139 Å². The van der Waals surface area contributed by atoms with Crippen molar-refractivity contribution in [1.82, 2.24) is 9.78 Å². The highest BCUT2D eigenvalue weighted by Crippen LogP contribution is 2.29. The number of nitrogens with zero attached hydrogens (tertiary/aromatic N) is 3. The summed E-state index contributed by atoms with van der Waals surface area (Å²) in [6.45, 7) is 2.26. The third-order valence-corrected chi connectivity index (χ3v) is 4.39. The minimum Gasteiger partial charge on any atom is -0.484 e. The van der Waals surface area contributed by atoms with E-state index in [2.05, 4.69) is 15.2 Å². The minimum absolute atomic E-state index is 0.0199. The number of halogens is 1. The number of carbonyl (C=O) groups is 2. The summed E-state index contributed by atoms with van der Waals surface area (Å²) in [5, 5.41) is 17.5. The highest BCUT2D eigenvalue weighted by molar-refractivity contribution is 6.32. The van der Waals surface area contributed by atoms with Gasteiger partial charge in [0.05, 0.1) is 22.7 Å². The number of nitro groups is 1. The van der Waals surface area contributed by atoms with E-state index in [9.17, 15) is 19.7 Å². The lowest BCUT2D eigenvalue weighted by atomic mass is 10.3. The van der Waals surface area contributed by atoms with Gasteiger partial charge >= 0.3 is 5.97 Å². The number of nitro benzene ring substituents is 1. The smallest absolute Gasteiger partial charge is 0.360 e. The lowest BCUT2D eigenvalue weighted by molar-refractivity contribution is -0.384. The van der Waals surface area contributed by atoms with Crippen LogP contribution in [0.5, 0.6) is 5.75 Å². The van der Waals surface area contributed by atoms with E-state index >= 15 is 0 Å². The van der Waals surface area contributed by atoms with Gasteiger partial charge < -0.3 is 19.2 Å². The van der Waals surface area contributed by atoms with Gasteiger partial charge in [0.25, 0.3) is 11.6 Å². The molecule has 11 nitrogen and oxygen atoms in total. The maximum Gasteiger partial charge on any atom is 0.360 e. The summed E-state index contributed by atoms with van der Waals surface area (Å²) in [6, 6.07) is 6.78. The van der Waals surface area contributed by atoms with E-state index in [1.807, 2.05) is 6.92 Å². The first-order valence-electron chi connectivity index (χ1n) is 8.95. The molecule has 1 amide bonds. The number of furan rings is 1. The third-order valence-electron chi connectivity index (χ3n) is 4.09. The Hall–Kier alpha value is -3.86. The molecule has 0 aliphatic heterocycles. The number of nitrogens with one attached hydrogen (secondary N) is 1. The Labute approximate surface area is 180 Å². The summed E-state index contributed by atoms with van der Waals surface area (Å²) in [5.74, 6) is -0.758. The van der Waals surface area contributed by atoms with Crippen LogP contribution in [0.25, 0.3) is 0 Å². The number of aryl methyl sites for hydroxylation is 1. The van der Waals surface area contributed by atoms with Crippen molar-refractivity contribution in [3.05, 3.63) is 68.9 Å². The first-order valence-corrected chi connectivity index (χ1v) is 9.32. The van der Waals surface area contributed by atoms with Crippen LogP contribution in [0, 0.1) is 10.1 Å². The highest BCUT2D eigenvalue weighted by atomic mass is 35.5. The van der Waals surface area contributed by atoms with Gasteiger partial charge in [-0.1, -0.05) is 11.6 Å². The highest BCUT2D eigenvalue weighted by Gasteiger charge is 2.21. The summed E-state index contributed by atoms with van der Waals surface area (Å²) >= 11 is 5.98. The Morgan fingerprint density at radius 3 is 2.74 bits per heavy atom. The van der Waals surface area contributed by atoms with Crippen LogP contribution in [0.2, 0.25) is 5.02 Å². The fraction of sp³-hybridized carbons (Fsp3) is 0.211. The van der Waals surface area contributed by atoms with Crippen LogP contribution < -0.4 is 10.1 Å². The van der Waals surface area contributed by atoms with Gasteiger partial charge in [0.1, 0.15) is 18.1 Å². The van der Waals surface area contributed by atoms with Crippen LogP contribution in [-0.4, -0.2) is 33.7 Å². The zero-order chi connectivity index (χ0) is 22.5. The van der Waals surface area contributed by atoms with Crippen molar-refractivity contribution < 1.29 is 28.4 Å². The molecule has 0 fully saturated rings. The van der Waals surface area contributed by atoms with Gasteiger partial charge in [-0.25, -0.2) is 4.79 Å². The van der Waals surface area contributed by atoms with Crippen LogP contribution >= 0.6 is 11.6 Å². The molecule has 3 rings (SSSR count). The summed E-state index contributed by atoms with van der Waals surface area (Å²) < 4.78 is 17.1.